The molecule has 1 unspecified atom stereocenters. The quantitative estimate of drug-likeness (QED) is 0.739. The Bertz CT molecular complexity index is 1040. The number of amides is 2. The maximum Gasteiger partial charge on any atom is 0.326 e. The van der Waals surface area contributed by atoms with E-state index in [0.717, 1.165) is 21.9 Å². The van der Waals surface area contributed by atoms with Gasteiger partial charge >= 0.3 is 10.2 Å². The standard InChI is InChI=1S/C20H21N3O5S/c24-19-9-7-16(21-19)10-15-6-8-17(23-12-20(25)22-29(23,26)27)18(11-15)28-13-14-4-2-1-3-5-14/h1-6,8,11,16H,7,9-10,12-13H2,(H,21,24)(H,22,25). The average molecular weight is 415 g/mol. The zero-order valence-corrected chi connectivity index (χ0v) is 16.4. The third kappa shape index (κ3) is 4.34. The van der Waals surface area contributed by atoms with E-state index in [1.807, 2.05) is 35.1 Å². The van der Waals surface area contributed by atoms with Crippen molar-refractivity contribution in [3.63, 3.8) is 0 Å². The van der Waals surface area contributed by atoms with Crippen molar-refractivity contribution in [2.75, 3.05) is 10.8 Å². The van der Waals surface area contributed by atoms with Gasteiger partial charge in [0.25, 0.3) is 5.91 Å². The number of hydrogen-bond acceptors (Lipinski definition) is 5. The molecule has 8 nitrogen and oxygen atoms in total. The van der Waals surface area contributed by atoms with Crippen LogP contribution in [0, 0.1) is 0 Å². The van der Waals surface area contributed by atoms with Gasteiger partial charge in [-0.3, -0.25) is 9.59 Å². The number of anilines is 1. The molecule has 2 N–H and O–H groups in total. The zero-order valence-electron chi connectivity index (χ0n) is 15.6. The molecule has 0 radical (unpaired) electrons. The molecule has 2 aromatic carbocycles. The molecule has 2 aromatic rings. The third-order valence-corrected chi connectivity index (χ3v) is 6.31. The van der Waals surface area contributed by atoms with E-state index in [2.05, 4.69) is 5.32 Å². The summed E-state index contributed by atoms with van der Waals surface area (Å²) in [4.78, 5) is 23.1. The van der Waals surface area contributed by atoms with E-state index >= 15 is 0 Å². The maximum absolute atomic E-state index is 12.3. The highest BCUT2D eigenvalue weighted by Gasteiger charge is 2.36. The van der Waals surface area contributed by atoms with Gasteiger partial charge in [0.2, 0.25) is 5.91 Å². The summed E-state index contributed by atoms with van der Waals surface area (Å²) in [6, 6.07) is 14.8. The fraction of sp³-hybridized carbons (Fsp3) is 0.300. The predicted octanol–water partition coefficient (Wildman–Crippen LogP) is 1.27. The minimum absolute atomic E-state index is 0.0416. The molecule has 2 amide bonds. The van der Waals surface area contributed by atoms with Crippen LogP contribution in [0.2, 0.25) is 0 Å². The number of rotatable bonds is 6. The number of hydrogen-bond donors (Lipinski definition) is 2. The topological polar surface area (TPSA) is 105 Å². The van der Waals surface area contributed by atoms with Gasteiger partial charge in [0.15, 0.2) is 0 Å². The summed E-state index contributed by atoms with van der Waals surface area (Å²) in [7, 11) is -3.94. The summed E-state index contributed by atoms with van der Waals surface area (Å²) in [6.07, 6.45) is 1.90. The lowest BCUT2D eigenvalue weighted by molar-refractivity contribution is -0.119. The van der Waals surface area contributed by atoms with Crippen molar-refractivity contribution in [3.8, 4) is 5.75 Å². The Balaban J connectivity index is 1.62. The van der Waals surface area contributed by atoms with E-state index in [1.165, 1.54) is 0 Å². The summed E-state index contributed by atoms with van der Waals surface area (Å²) in [5.74, 6) is -0.174. The van der Waals surface area contributed by atoms with Crippen LogP contribution < -0.4 is 19.1 Å². The second-order valence-electron chi connectivity index (χ2n) is 7.12. The fourth-order valence-electron chi connectivity index (χ4n) is 3.52. The molecule has 2 fully saturated rings. The van der Waals surface area contributed by atoms with Crippen molar-refractivity contribution in [2.24, 2.45) is 0 Å². The van der Waals surface area contributed by atoms with Crippen LogP contribution in [0.5, 0.6) is 5.75 Å². The fourth-order valence-corrected chi connectivity index (χ4v) is 4.68. The van der Waals surface area contributed by atoms with E-state index < -0.39 is 16.1 Å². The van der Waals surface area contributed by atoms with E-state index in [1.54, 1.807) is 18.2 Å². The minimum atomic E-state index is -3.94. The van der Waals surface area contributed by atoms with Gasteiger partial charge in [-0.1, -0.05) is 36.4 Å². The average Bonchev–Trinajstić information content (AvgIpc) is 3.22. The first-order valence-electron chi connectivity index (χ1n) is 9.33. The third-order valence-electron chi connectivity index (χ3n) is 4.92. The van der Waals surface area contributed by atoms with Gasteiger partial charge < -0.3 is 10.1 Å². The normalized spacial score (nSPS) is 20.4. The Morgan fingerprint density at radius 1 is 1.03 bits per heavy atom. The lowest BCUT2D eigenvalue weighted by Gasteiger charge is -2.20. The molecular weight excluding hydrogens is 394 g/mol. The van der Waals surface area contributed by atoms with Crippen molar-refractivity contribution >= 4 is 27.7 Å². The molecule has 0 aliphatic carbocycles. The monoisotopic (exact) mass is 415 g/mol. The minimum Gasteiger partial charge on any atom is -0.487 e. The lowest BCUT2D eigenvalue weighted by atomic mass is 10.0. The van der Waals surface area contributed by atoms with E-state index in [-0.39, 0.29) is 25.1 Å². The number of benzene rings is 2. The summed E-state index contributed by atoms with van der Waals surface area (Å²) in [5.41, 5.74) is 2.16. The first-order valence-corrected chi connectivity index (χ1v) is 10.8. The van der Waals surface area contributed by atoms with Crippen LogP contribution in [-0.2, 0) is 32.8 Å². The zero-order chi connectivity index (χ0) is 20.4. The molecule has 2 saturated heterocycles. The number of carbonyl (C=O) groups is 2. The van der Waals surface area contributed by atoms with Gasteiger partial charge in [-0.15, -0.1) is 0 Å². The van der Waals surface area contributed by atoms with Gasteiger partial charge in [0.1, 0.15) is 18.9 Å². The van der Waals surface area contributed by atoms with Gasteiger partial charge in [-0.05, 0) is 36.1 Å². The molecule has 0 spiro atoms. The largest absolute Gasteiger partial charge is 0.487 e. The predicted molar refractivity (Wildman–Crippen MR) is 106 cm³/mol. The van der Waals surface area contributed by atoms with Crippen LogP contribution in [0.15, 0.2) is 48.5 Å². The van der Waals surface area contributed by atoms with Crippen molar-refractivity contribution < 1.29 is 22.7 Å². The van der Waals surface area contributed by atoms with Crippen LogP contribution in [0.3, 0.4) is 0 Å². The summed E-state index contributed by atoms with van der Waals surface area (Å²) in [6.45, 7) is -0.0330. The maximum atomic E-state index is 12.3. The number of ether oxygens (including phenoxy) is 1. The van der Waals surface area contributed by atoms with E-state index in [9.17, 15) is 18.0 Å². The number of nitrogens with one attached hydrogen (secondary N) is 2. The molecule has 2 heterocycles. The first-order chi connectivity index (χ1) is 13.9. The van der Waals surface area contributed by atoms with Crippen molar-refractivity contribution in [3.05, 3.63) is 59.7 Å². The van der Waals surface area contributed by atoms with Crippen LogP contribution >= 0.6 is 0 Å². The molecule has 152 valence electrons. The molecule has 29 heavy (non-hydrogen) atoms. The molecule has 0 saturated carbocycles. The summed E-state index contributed by atoms with van der Waals surface area (Å²) in [5, 5.41) is 2.93. The van der Waals surface area contributed by atoms with Gasteiger partial charge in [0.05, 0.1) is 5.69 Å². The molecule has 0 aromatic heterocycles. The highest BCUT2D eigenvalue weighted by Crippen LogP contribution is 2.34. The molecule has 1 atom stereocenters. The SMILES string of the molecule is O=C1CCC(Cc2ccc(N3CC(=O)NS3(=O)=O)c(OCc3ccccc3)c2)N1. The summed E-state index contributed by atoms with van der Waals surface area (Å²) < 4.78 is 33.5. The second-order valence-corrected chi connectivity index (χ2v) is 8.72. The Morgan fingerprint density at radius 3 is 2.48 bits per heavy atom. The molecule has 2 aliphatic heterocycles. The van der Waals surface area contributed by atoms with Crippen molar-refractivity contribution in [2.45, 2.75) is 31.9 Å². The Labute approximate surface area is 169 Å². The highest BCUT2D eigenvalue weighted by molar-refractivity contribution is 7.92. The second kappa shape index (κ2) is 7.75. The van der Waals surface area contributed by atoms with Crippen molar-refractivity contribution in [1.82, 2.24) is 10.0 Å². The van der Waals surface area contributed by atoms with Gasteiger partial charge in [-0.2, -0.15) is 8.42 Å². The van der Waals surface area contributed by atoms with Crippen LogP contribution in [0.25, 0.3) is 0 Å². The smallest absolute Gasteiger partial charge is 0.326 e. The van der Waals surface area contributed by atoms with Crippen molar-refractivity contribution in [1.29, 1.82) is 0 Å². The highest BCUT2D eigenvalue weighted by atomic mass is 32.2. The lowest BCUT2D eigenvalue weighted by Crippen LogP contribution is -2.30. The number of nitrogens with zero attached hydrogens (tertiary/aromatic N) is 1. The molecule has 0 bridgehead atoms. The molecule has 4 rings (SSSR count). The molecular formula is C20H21N3O5S. The molecule has 9 heteroatoms. The summed E-state index contributed by atoms with van der Waals surface area (Å²) >= 11 is 0. The van der Waals surface area contributed by atoms with E-state index in [4.69, 9.17) is 4.74 Å². The van der Waals surface area contributed by atoms with Gasteiger partial charge in [0, 0.05) is 12.5 Å². The van der Waals surface area contributed by atoms with Crippen LogP contribution in [0.4, 0.5) is 5.69 Å². The van der Waals surface area contributed by atoms with E-state index in [0.29, 0.717) is 24.3 Å². The first kappa shape index (κ1) is 19.3. The molecule has 2 aliphatic rings. The van der Waals surface area contributed by atoms with Gasteiger partial charge in [-0.25, -0.2) is 9.03 Å². The Kier molecular flexibility index (Phi) is 5.14. The van der Waals surface area contributed by atoms with Crippen LogP contribution in [-0.4, -0.2) is 32.8 Å². The Hall–Kier alpha value is -3.07. The number of carbonyl (C=O) groups excluding carboxylic acids is 2. The Morgan fingerprint density at radius 2 is 1.83 bits per heavy atom. The van der Waals surface area contributed by atoms with Crippen LogP contribution in [0.1, 0.15) is 24.0 Å².